The molecule has 0 saturated carbocycles. The fourth-order valence-electron chi connectivity index (χ4n) is 3.41. The number of methoxy groups -OCH3 is 1. The Morgan fingerprint density at radius 3 is 2.77 bits per heavy atom. The first-order valence-corrected chi connectivity index (χ1v) is 9.60. The summed E-state index contributed by atoms with van der Waals surface area (Å²) in [6, 6.07) is 5.69. The van der Waals surface area contributed by atoms with Crippen LogP contribution in [-0.2, 0) is 17.9 Å². The van der Waals surface area contributed by atoms with Gasteiger partial charge in [-0.3, -0.25) is 4.57 Å². The average molecular weight is 418 g/mol. The summed E-state index contributed by atoms with van der Waals surface area (Å²) < 4.78 is 9.34. The molecule has 0 N–H and O–H groups in total. The maximum Gasteiger partial charge on any atom is 0.166 e. The number of hydrogen-bond acceptors (Lipinski definition) is 6. The van der Waals surface area contributed by atoms with Gasteiger partial charge < -0.3 is 9.30 Å². The number of aryl methyl sites for hydroxylation is 1. The van der Waals surface area contributed by atoms with Crippen LogP contribution in [0.3, 0.4) is 0 Å². The van der Waals surface area contributed by atoms with E-state index in [0.29, 0.717) is 29.7 Å². The molecule has 1 aliphatic heterocycles. The molecule has 0 fully saturated rings. The van der Waals surface area contributed by atoms with Crippen LogP contribution in [0.25, 0.3) is 17.1 Å². The Balaban J connectivity index is 1.67. The zero-order valence-corrected chi connectivity index (χ0v) is 17.1. The summed E-state index contributed by atoms with van der Waals surface area (Å²) in [5, 5.41) is 9.33. The molecule has 1 aliphatic rings. The number of hydrogen-bond donors (Lipinski definition) is 0. The summed E-state index contributed by atoms with van der Waals surface area (Å²) in [6.45, 7) is 2.69. The van der Waals surface area contributed by atoms with Gasteiger partial charge in [-0.2, -0.15) is 0 Å². The fraction of sp³-hybridized carbons (Fsp3) is 0.190. The number of ether oxygens (including phenoxy) is 1. The Labute approximate surface area is 177 Å². The molecule has 4 aromatic rings. The van der Waals surface area contributed by atoms with E-state index in [-0.39, 0.29) is 0 Å². The summed E-state index contributed by atoms with van der Waals surface area (Å²) in [7, 11) is 1.63. The van der Waals surface area contributed by atoms with Crippen LogP contribution in [0.4, 0.5) is 0 Å². The van der Waals surface area contributed by atoms with E-state index in [1.807, 2.05) is 34.3 Å². The van der Waals surface area contributed by atoms with Crippen molar-refractivity contribution in [2.45, 2.75) is 20.1 Å². The minimum Gasteiger partial charge on any atom is -0.377 e. The van der Waals surface area contributed by atoms with Gasteiger partial charge in [0.05, 0.1) is 23.5 Å². The second-order valence-corrected chi connectivity index (χ2v) is 7.24. The van der Waals surface area contributed by atoms with Gasteiger partial charge in [0.15, 0.2) is 11.6 Å². The first-order valence-electron chi connectivity index (χ1n) is 9.22. The summed E-state index contributed by atoms with van der Waals surface area (Å²) in [4.78, 5) is 12.9. The van der Waals surface area contributed by atoms with Gasteiger partial charge in [-0.1, -0.05) is 17.5 Å². The van der Waals surface area contributed by atoms with Crippen LogP contribution in [0.15, 0.2) is 36.9 Å². The van der Waals surface area contributed by atoms with Gasteiger partial charge in [0.1, 0.15) is 24.5 Å². The Morgan fingerprint density at radius 1 is 1.13 bits per heavy atom. The molecule has 0 bridgehead atoms. The zero-order chi connectivity index (χ0) is 20.7. The molecule has 4 heterocycles. The molecule has 30 heavy (non-hydrogen) atoms. The van der Waals surface area contributed by atoms with Crippen LogP contribution >= 0.6 is 11.6 Å². The monoisotopic (exact) mass is 417 g/mol. The largest absolute Gasteiger partial charge is 0.377 e. The number of imidazole rings is 1. The first kappa shape index (κ1) is 18.5. The molecule has 0 radical (unpaired) electrons. The Morgan fingerprint density at radius 2 is 1.97 bits per heavy atom. The Bertz CT molecular complexity index is 1310. The normalized spacial score (nSPS) is 11.7. The third kappa shape index (κ3) is 3.14. The van der Waals surface area contributed by atoms with Crippen molar-refractivity contribution in [3.63, 3.8) is 0 Å². The van der Waals surface area contributed by atoms with Crippen LogP contribution in [-0.4, -0.2) is 41.4 Å². The van der Waals surface area contributed by atoms with Crippen LogP contribution < -0.4 is 0 Å². The minimum atomic E-state index is 0.346. The lowest BCUT2D eigenvalue weighted by Crippen LogP contribution is -2.09. The van der Waals surface area contributed by atoms with Crippen molar-refractivity contribution in [2.24, 2.45) is 0 Å². The van der Waals surface area contributed by atoms with Gasteiger partial charge in [-0.25, -0.2) is 15.0 Å². The summed E-state index contributed by atoms with van der Waals surface area (Å²) in [5.41, 5.74) is 4.12. The molecule has 0 spiro atoms. The van der Waals surface area contributed by atoms with Gasteiger partial charge in [-0.05, 0) is 31.0 Å². The van der Waals surface area contributed by atoms with E-state index < -0.39 is 0 Å². The van der Waals surface area contributed by atoms with E-state index in [1.54, 1.807) is 25.8 Å². The fourth-order valence-corrected chi connectivity index (χ4v) is 3.58. The van der Waals surface area contributed by atoms with Crippen molar-refractivity contribution in [1.82, 2.24) is 34.3 Å². The molecule has 0 saturated heterocycles. The van der Waals surface area contributed by atoms with Crippen LogP contribution in [0.2, 0.25) is 5.02 Å². The highest BCUT2D eigenvalue weighted by Crippen LogP contribution is 2.34. The molecule has 9 heteroatoms. The lowest BCUT2D eigenvalue weighted by atomic mass is 10.1. The summed E-state index contributed by atoms with van der Waals surface area (Å²) >= 11 is 6.28. The summed E-state index contributed by atoms with van der Waals surface area (Å²) in [5.74, 6) is 8.42. The third-order valence-electron chi connectivity index (χ3n) is 4.84. The first-order chi connectivity index (χ1) is 14.6. The van der Waals surface area contributed by atoms with Gasteiger partial charge in [-0.15, -0.1) is 10.2 Å². The van der Waals surface area contributed by atoms with Crippen molar-refractivity contribution in [3.8, 4) is 28.9 Å². The molecule has 8 nitrogen and oxygen atoms in total. The maximum absolute atomic E-state index is 6.28. The Hall–Kier alpha value is -3.54. The number of fused-ring (bicyclic) bond motifs is 5. The highest BCUT2D eigenvalue weighted by molar-refractivity contribution is 6.31. The van der Waals surface area contributed by atoms with Crippen molar-refractivity contribution in [3.05, 3.63) is 70.5 Å². The molecular formula is C21H16ClN7O. The molecule has 1 aromatic carbocycles. The SMILES string of the molecule is COCc1nnc2n1Cc1c(C#Cc3cnc(C)nc3)ncn1-c1ccc(Cl)cc1-2. The standard InChI is InChI=1S/C21H16ClN7O/c1-13-23-8-14(9-24-13)3-5-17-19-10-28-20(11-30-2)26-27-21(28)16-7-15(22)4-6-18(16)29(19)12-25-17/h4,6-9,12H,10-11H2,1-2H3. The van der Waals surface area contributed by atoms with E-state index in [1.165, 1.54) is 0 Å². The predicted octanol–water partition coefficient (Wildman–Crippen LogP) is 2.79. The van der Waals surface area contributed by atoms with Crippen LogP contribution in [0.1, 0.15) is 28.6 Å². The van der Waals surface area contributed by atoms with Crippen molar-refractivity contribution in [2.75, 3.05) is 7.11 Å². The number of aromatic nitrogens is 7. The van der Waals surface area contributed by atoms with Gasteiger partial charge in [0, 0.05) is 30.1 Å². The second kappa shape index (κ2) is 7.37. The third-order valence-corrected chi connectivity index (χ3v) is 5.08. The zero-order valence-electron chi connectivity index (χ0n) is 16.3. The molecule has 0 amide bonds. The van der Waals surface area contributed by atoms with E-state index in [9.17, 15) is 0 Å². The van der Waals surface area contributed by atoms with Crippen molar-refractivity contribution >= 4 is 11.6 Å². The van der Waals surface area contributed by atoms with E-state index in [0.717, 1.165) is 34.2 Å². The smallest absolute Gasteiger partial charge is 0.166 e. The van der Waals surface area contributed by atoms with Crippen LogP contribution in [0.5, 0.6) is 0 Å². The molecule has 3 aromatic heterocycles. The highest BCUT2D eigenvalue weighted by atomic mass is 35.5. The number of nitrogens with zero attached hydrogens (tertiary/aromatic N) is 7. The Kier molecular flexibility index (Phi) is 4.54. The highest BCUT2D eigenvalue weighted by Gasteiger charge is 2.25. The van der Waals surface area contributed by atoms with E-state index >= 15 is 0 Å². The number of halogens is 1. The van der Waals surface area contributed by atoms with E-state index in [4.69, 9.17) is 16.3 Å². The predicted molar refractivity (Wildman–Crippen MR) is 110 cm³/mol. The molecule has 0 unspecified atom stereocenters. The van der Waals surface area contributed by atoms with Crippen molar-refractivity contribution < 1.29 is 4.74 Å². The number of benzene rings is 1. The molecular weight excluding hydrogens is 402 g/mol. The molecule has 0 aliphatic carbocycles. The summed E-state index contributed by atoms with van der Waals surface area (Å²) in [6.07, 6.45) is 5.18. The molecule has 148 valence electrons. The topological polar surface area (TPSA) is 83.5 Å². The number of rotatable bonds is 2. The lowest BCUT2D eigenvalue weighted by molar-refractivity contribution is 0.174. The average Bonchev–Trinajstić information content (AvgIpc) is 3.29. The second-order valence-electron chi connectivity index (χ2n) is 6.80. The maximum atomic E-state index is 6.28. The van der Waals surface area contributed by atoms with Gasteiger partial charge in [0.25, 0.3) is 0 Å². The van der Waals surface area contributed by atoms with Crippen LogP contribution in [0, 0.1) is 18.8 Å². The quantitative estimate of drug-likeness (QED) is 0.411. The van der Waals surface area contributed by atoms with E-state index in [2.05, 4.69) is 37.0 Å². The minimum absolute atomic E-state index is 0.346. The van der Waals surface area contributed by atoms with Gasteiger partial charge in [0.2, 0.25) is 0 Å². The molecule has 0 atom stereocenters. The molecule has 5 rings (SSSR count). The van der Waals surface area contributed by atoms with Crippen molar-refractivity contribution in [1.29, 1.82) is 0 Å². The van der Waals surface area contributed by atoms with Gasteiger partial charge >= 0.3 is 0 Å². The lowest BCUT2D eigenvalue weighted by Gasteiger charge is -2.08.